The van der Waals surface area contributed by atoms with Crippen LogP contribution in [0.5, 0.6) is 0 Å². The van der Waals surface area contributed by atoms with Gasteiger partial charge in [0.25, 0.3) is 5.91 Å². The molecule has 1 aromatic carbocycles. The number of hydrogen-bond donors (Lipinski definition) is 1. The van der Waals surface area contributed by atoms with Gasteiger partial charge in [-0.3, -0.25) is 9.48 Å². The summed E-state index contributed by atoms with van der Waals surface area (Å²) in [6.07, 6.45) is -4.62. The van der Waals surface area contributed by atoms with Crippen molar-refractivity contribution >= 4 is 29.2 Å². The van der Waals surface area contributed by atoms with Crippen molar-refractivity contribution in [2.45, 2.75) is 13.1 Å². The Hall–Kier alpha value is -2.55. The molecular formula is C15H13ClF3N3O3. The maximum Gasteiger partial charge on any atom is 0.418 e. The van der Waals surface area contributed by atoms with Crippen LogP contribution in [0.25, 0.3) is 0 Å². The van der Waals surface area contributed by atoms with Crippen molar-refractivity contribution in [3.8, 4) is 0 Å². The molecule has 1 N–H and O–H groups in total. The summed E-state index contributed by atoms with van der Waals surface area (Å²) in [5.41, 5.74) is -1.12. The second kappa shape index (κ2) is 7.14. The van der Waals surface area contributed by atoms with E-state index < -0.39 is 35.9 Å². The third-order valence-electron chi connectivity index (χ3n) is 3.20. The van der Waals surface area contributed by atoms with Crippen LogP contribution >= 0.6 is 11.6 Å². The molecule has 0 aliphatic rings. The fourth-order valence-corrected chi connectivity index (χ4v) is 2.34. The number of benzene rings is 1. The van der Waals surface area contributed by atoms with E-state index in [4.69, 9.17) is 16.3 Å². The number of aromatic nitrogens is 2. The Kier molecular flexibility index (Phi) is 5.36. The van der Waals surface area contributed by atoms with Crippen LogP contribution < -0.4 is 5.32 Å². The van der Waals surface area contributed by atoms with E-state index >= 15 is 0 Å². The lowest BCUT2D eigenvalue weighted by Gasteiger charge is -2.13. The zero-order valence-corrected chi connectivity index (χ0v) is 13.9. The van der Waals surface area contributed by atoms with Crippen LogP contribution in [0.15, 0.2) is 24.3 Å². The van der Waals surface area contributed by atoms with Gasteiger partial charge in [-0.05, 0) is 19.1 Å². The second-order valence-corrected chi connectivity index (χ2v) is 5.40. The number of alkyl halides is 3. The van der Waals surface area contributed by atoms with Crippen molar-refractivity contribution in [3.63, 3.8) is 0 Å². The van der Waals surface area contributed by atoms with Crippen LogP contribution in [0.2, 0.25) is 5.15 Å². The van der Waals surface area contributed by atoms with Crippen LogP contribution in [0.4, 0.5) is 18.9 Å². The summed E-state index contributed by atoms with van der Waals surface area (Å²) in [7, 11) is 1.52. The first-order chi connectivity index (χ1) is 11.6. The van der Waals surface area contributed by atoms with Crippen LogP contribution in [-0.2, 0) is 22.8 Å². The molecule has 0 radical (unpaired) electrons. The Balaban J connectivity index is 2.04. The first-order valence-electron chi connectivity index (χ1n) is 6.93. The first-order valence-corrected chi connectivity index (χ1v) is 7.31. The molecule has 2 rings (SSSR count). The molecule has 0 unspecified atom stereocenters. The molecule has 2 aromatic rings. The molecule has 1 amide bonds. The summed E-state index contributed by atoms with van der Waals surface area (Å²) in [5, 5.41) is 6.02. The minimum atomic E-state index is -4.62. The van der Waals surface area contributed by atoms with Gasteiger partial charge in [-0.2, -0.15) is 18.3 Å². The minimum absolute atomic E-state index is 0.00680. The number of amides is 1. The van der Waals surface area contributed by atoms with E-state index in [1.54, 1.807) is 0 Å². The molecule has 0 bridgehead atoms. The standard InChI is InChI=1S/C15H13ClF3N3O3/c1-8-12(13(16)22(2)21-8)14(24)25-7-11(23)20-10-6-4-3-5-9(10)15(17,18)19/h3-6H,7H2,1-2H3,(H,20,23). The highest BCUT2D eigenvalue weighted by Crippen LogP contribution is 2.34. The van der Waals surface area contributed by atoms with Crippen molar-refractivity contribution < 1.29 is 27.5 Å². The Labute approximate surface area is 145 Å². The zero-order chi connectivity index (χ0) is 18.8. The summed E-state index contributed by atoms with van der Waals surface area (Å²) in [6.45, 7) is 0.762. The van der Waals surface area contributed by atoms with Crippen LogP contribution in [0.1, 0.15) is 21.6 Å². The van der Waals surface area contributed by atoms with E-state index in [0.29, 0.717) is 5.69 Å². The van der Waals surface area contributed by atoms with Crippen molar-refractivity contribution in [2.24, 2.45) is 7.05 Å². The number of nitrogens with zero attached hydrogens (tertiary/aromatic N) is 2. The van der Waals surface area contributed by atoms with Gasteiger partial charge in [0.05, 0.1) is 16.9 Å². The fourth-order valence-electron chi connectivity index (χ4n) is 2.09. The maximum absolute atomic E-state index is 12.9. The van der Waals surface area contributed by atoms with Gasteiger partial charge in [0, 0.05) is 7.05 Å². The number of carbonyl (C=O) groups is 2. The van der Waals surface area contributed by atoms with Gasteiger partial charge in [0.1, 0.15) is 10.7 Å². The molecule has 134 valence electrons. The molecule has 0 saturated heterocycles. The first kappa shape index (κ1) is 18.8. The van der Waals surface area contributed by atoms with Gasteiger partial charge in [-0.15, -0.1) is 0 Å². The number of nitrogens with one attached hydrogen (secondary N) is 1. The number of carbonyl (C=O) groups excluding carboxylic acids is 2. The SMILES string of the molecule is Cc1nn(C)c(Cl)c1C(=O)OCC(=O)Nc1ccccc1C(F)(F)F. The highest BCUT2D eigenvalue weighted by atomic mass is 35.5. The average Bonchev–Trinajstić information content (AvgIpc) is 2.77. The van der Waals surface area contributed by atoms with Crippen LogP contribution in [0, 0.1) is 6.92 Å². The summed E-state index contributed by atoms with van der Waals surface area (Å²) < 4.78 is 44.6. The third-order valence-corrected chi connectivity index (χ3v) is 3.63. The van der Waals surface area contributed by atoms with Gasteiger partial charge in [0.15, 0.2) is 6.61 Å². The summed E-state index contributed by atoms with van der Waals surface area (Å²) in [4.78, 5) is 23.8. The van der Waals surface area contributed by atoms with Gasteiger partial charge < -0.3 is 10.1 Å². The zero-order valence-electron chi connectivity index (χ0n) is 13.1. The highest BCUT2D eigenvalue weighted by molar-refractivity contribution is 6.32. The number of aryl methyl sites for hydroxylation is 2. The molecule has 0 spiro atoms. The number of rotatable bonds is 4. The molecule has 1 aromatic heterocycles. The summed E-state index contributed by atoms with van der Waals surface area (Å²) >= 11 is 5.90. The number of anilines is 1. The Bertz CT molecular complexity index is 818. The number of halogens is 4. The van der Waals surface area contributed by atoms with Crippen molar-refractivity contribution in [3.05, 3.63) is 46.2 Å². The van der Waals surface area contributed by atoms with Gasteiger partial charge >= 0.3 is 12.1 Å². The lowest BCUT2D eigenvalue weighted by Crippen LogP contribution is -2.23. The van der Waals surface area contributed by atoms with E-state index in [0.717, 1.165) is 12.1 Å². The number of esters is 1. The van der Waals surface area contributed by atoms with Crippen molar-refractivity contribution in [1.82, 2.24) is 9.78 Å². The Morgan fingerprint density at radius 2 is 1.96 bits per heavy atom. The lowest BCUT2D eigenvalue weighted by atomic mass is 10.1. The molecular weight excluding hydrogens is 363 g/mol. The lowest BCUT2D eigenvalue weighted by molar-refractivity contribution is -0.137. The predicted molar refractivity (Wildman–Crippen MR) is 83.3 cm³/mol. The number of para-hydroxylation sites is 1. The molecule has 0 aliphatic heterocycles. The third kappa shape index (κ3) is 4.30. The van der Waals surface area contributed by atoms with Crippen LogP contribution in [0.3, 0.4) is 0 Å². The molecule has 0 aliphatic carbocycles. The van der Waals surface area contributed by atoms with Gasteiger partial charge in [-0.1, -0.05) is 23.7 Å². The molecule has 1 heterocycles. The Morgan fingerprint density at radius 3 is 2.52 bits per heavy atom. The molecule has 25 heavy (non-hydrogen) atoms. The highest BCUT2D eigenvalue weighted by Gasteiger charge is 2.33. The van der Waals surface area contributed by atoms with E-state index in [1.807, 2.05) is 0 Å². The van der Waals surface area contributed by atoms with E-state index in [-0.39, 0.29) is 10.7 Å². The van der Waals surface area contributed by atoms with E-state index in [2.05, 4.69) is 10.4 Å². The molecule has 0 atom stereocenters. The van der Waals surface area contributed by atoms with Crippen molar-refractivity contribution in [2.75, 3.05) is 11.9 Å². The van der Waals surface area contributed by atoms with E-state index in [9.17, 15) is 22.8 Å². The summed E-state index contributed by atoms with van der Waals surface area (Å²) in [6, 6.07) is 4.48. The summed E-state index contributed by atoms with van der Waals surface area (Å²) in [5.74, 6) is -1.81. The quantitative estimate of drug-likeness (QED) is 0.833. The van der Waals surface area contributed by atoms with Crippen LogP contribution in [-0.4, -0.2) is 28.3 Å². The topological polar surface area (TPSA) is 73.2 Å². The molecule has 0 fully saturated rings. The largest absolute Gasteiger partial charge is 0.452 e. The number of ether oxygens (including phenoxy) is 1. The molecule has 10 heteroatoms. The predicted octanol–water partition coefficient (Wildman–Crippen LogP) is 3.20. The Morgan fingerprint density at radius 1 is 1.32 bits per heavy atom. The normalized spacial score (nSPS) is 11.3. The van der Waals surface area contributed by atoms with Gasteiger partial charge in [-0.25, -0.2) is 4.79 Å². The average molecular weight is 376 g/mol. The monoisotopic (exact) mass is 375 g/mol. The molecule has 0 saturated carbocycles. The smallest absolute Gasteiger partial charge is 0.418 e. The fraction of sp³-hybridized carbons (Fsp3) is 0.267. The molecule has 6 nitrogen and oxygen atoms in total. The number of hydrogen-bond acceptors (Lipinski definition) is 4. The maximum atomic E-state index is 12.9. The van der Waals surface area contributed by atoms with E-state index in [1.165, 1.54) is 30.8 Å². The van der Waals surface area contributed by atoms with Crippen molar-refractivity contribution in [1.29, 1.82) is 0 Å². The van der Waals surface area contributed by atoms with Gasteiger partial charge in [0.2, 0.25) is 0 Å². The second-order valence-electron chi connectivity index (χ2n) is 5.04. The minimum Gasteiger partial charge on any atom is -0.452 e.